The van der Waals surface area contributed by atoms with E-state index in [2.05, 4.69) is 10.00 Å². The molecule has 0 saturated carbocycles. The molecule has 18 heavy (non-hydrogen) atoms. The fourth-order valence-corrected chi connectivity index (χ4v) is 3.05. The van der Waals surface area contributed by atoms with E-state index in [0.29, 0.717) is 11.6 Å². The second-order valence-corrected chi connectivity index (χ2v) is 5.34. The molecule has 1 aromatic heterocycles. The van der Waals surface area contributed by atoms with Gasteiger partial charge < -0.3 is 4.90 Å². The van der Waals surface area contributed by atoms with Crippen molar-refractivity contribution in [3.05, 3.63) is 18.0 Å². The number of rotatable bonds is 2. The molecule has 2 aliphatic rings. The Hall–Kier alpha value is -1.36. The Bertz CT molecular complexity index is 436. The molecule has 2 aliphatic heterocycles. The maximum absolute atomic E-state index is 12.3. The second-order valence-electron chi connectivity index (χ2n) is 5.34. The molecule has 0 bridgehead atoms. The van der Waals surface area contributed by atoms with Crippen LogP contribution < -0.4 is 0 Å². The number of nitrogens with zero attached hydrogens (tertiary/aromatic N) is 4. The van der Waals surface area contributed by atoms with Crippen molar-refractivity contribution < 1.29 is 4.79 Å². The van der Waals surface area contributed by atoms with Crippen LogP contribution in [0.5, 0.6) is 0 Å². The number of likely N-dealkylation sites (tertiary alicyclic amines) is 2. The Morgan fingerprint density at radius 3 is 2.78 bits per heavy atom. The van der Waals surface area contributed by atoms with E-state index >= 15 is 0 Å². The van der Waals surface area contributed by atoms with E-state index in [9.17, 15) is 4.79 Å². The van der Waals surface area contributed by atoms with Gasteiger partial charge in [0.1, 0.15) is 0 Å². The summed E-state index contributed by atoms with van der Waals surface area (Å²) < 4.78 is 1.68. The van der Waals surface area contributed by atoms with Gasteiger partial charge in [-0.1, -0.05) is 0 Å². The SMILES string of the molecule is Cn1cc(C(=O)N2CCC(N3CCCC3)C2)cn1. The van der Waals surface area contributed by atoms with Crippen LogP contribution in [0.2, 0.25) is 0 Å². The summed E-state index contributed by atoms with van der Waals surface area (Å²) in [4.78, 5) is 16.8. The molecule has 0 N–H and O–H groups in total. The van der Waals surface area contributed by atoms with Gasteiger partial charge in [-0.15, -0.1) is 0 Å². The molecule has 1 unspecified atom stereocenters. The Morgan fingerprint density at radius 2 is 2.11 bits per heavy atom. The van der Waals surface area contributed by atoms with Crippen molar-refractivity contribution >= 4 is 5.91 Å². The van der Waals surface area contributed by atoms with Gasteiger partial charge >= 0.3 is 0 Å². The van der Waals surface area contributed by atoms with Gasteiger partial charge in [-0.25, -0.2) is 0 Å². The summed E-state index contributed by atoms with van der Waals surface area (Å²) in [5, 5.41) is 4.06. The number of amides is 1. The summed E-state index contributed by atoms with van der Waals surface area (Å²) in [5.41, 5.74) is 0.708. The molecule has 2 saturated heterocycles. The number of carbonyl (C=O) groups excluding carboxylic acids is 1. The van der Waals surface area contributed by atoms with Crippen molar-refractivity contribution in [3.8, 4) is 0 Å². The van der Waals surface area contributed by atoms with Gasteiger partial charge in [-0.05, 0) is 32.4 Å². The highest BCUT2D eigenvalue weighted by Gasteiger charge is 2.32. The largest absolute Gasteiger partial charge is 0.337 e. The van der Waals surface area contributed by atoms with Gasteiger partial charge in [0.15, 0.2) is 0 Å². The molecular formula is C13H20N4O. The van der Waals surface area contributed by atoms with E-state index in [0.717, 1.165) is 19.5 Å². The number of hydrogen-bond acceptors (Lipinski definition) is 3. The van der Waals surface area contributed by atoms with Crippen LogP contribution in [0.1, 0.15) is 29.6 Å². The average Bonchev–Trinajstić information content (AvgIpc) is 3.09. The molecule has 5 nitrogen and oxygen atoms in total. The van der Waals surface area contributed by atoms with Gasteiger partial charge in [-0.2, -0.15) is 5.10 Å². The Labute approximate surface area is 107 Å². The first kappa shape index (κ1) is 11.7. The molecule has 1 atom stereocenters. The first-order chi connectivity index (χ1) is 8.74. The van der Waals surface area contributed by atoms with Gasteiger partial charge in [0.25, 0.3) is 5.91 Å². The minimum atomic E-state index is 0.129. The maximum Gasteiger partial charge on any atom is 0.257 e. The summed E-state index contributed by atoms with van der Waals surface area (Å²) in [6.45, 7) is 4.18. The quantitative estimate of drug-likeness (QED) is 0.775. The predicted octanol–water partition coefficient (Wildman–Crippen LogP) is 0.730. The Morgan fingerprint density at radius 1 is 1.33 bits per heavy atom. The standard InChI is InChI=1S/C13H20N4O/c1-15-9-11(8-14-15)13(18)17-7-4-12(10-17)16-5-2-3-6-16/h8-9,12H,2-7,10H2,1H3. The second kappa shape index (κ2) is 4.72. The minimum absolute atomic E-state index is 0.129. The van der Waals surface area contributed by atoms with Crippen LogP contribution in [0.3, 0.4) is 0 Å². The lowest BCUT2D eigenvalue weighted by Gasteiger charge is -2.23. The highest BCUT2D eigenvalue weighted by molar-refractivity contribution is 5.93. The number of carbonyl (C=O) groups is 1. The van der Waals surface area contributed by atoms with Gasteiger partial charge in [0.2, 0.25) is 0 Å². The van der Waals surface area contributed by atoms with E-state index in [-0.39, 0.29) is 5.91 Å². The summed E-state index contributed by atoms with van der Waals surface area (Å²) >= 11 is 0. The van der Waals surface area contributed by atoms with Crippen molar-refractivity contribution in [2.75, 3.05) is 26.2 Å². The topological polar surface area (TPSA) is 41.4 Å². The fourth-order valence-electron chi connectivity index (χ4n) is 3.05. The molecule has 3 rings (SSSR count). The van der Waals surface area contributed by atoms with Gasteiger partial charge in [-0.3, -0.25) is 14.4 Å². The minimum Gasteiger partial charge on any atom is -0.337 e. The molecule has 98 valence electrons. The van der Waals surface area contributed by atoms with E-state index in [1.54, 1.807) is 17.1 Å². The summed E-state index contributed by atoms with van der Waals surface area (Å²) in [6.07, 6.45) is 7.20. The van der Waals surface area contributed by atoms with Crippen molar-refractivity contribution in [1.82, 2.24) is 19.6 Å². The van der Waals surface area contributed by atoms with E-state index in [1.807, 2.05) is 11.9 Å². The molecule has 0 radical (unpaired) electrons. The predicted molar refractivity (Wildman–Crippen MR) is 68.3 cm³/mol. The van der Waals surface area contributed by atoms with Crippen LogP contribution in [0.15, 0.2) is 12.4 Å². The van der Waals surface area contributed by atoms with Gasteiger partial charge in [0.05, 0.1) is 11.8 Å². The molecule has 3 heterocycles. The van der Waals surface area contributed by atoms with Crippen molar-refractivity contribution in [3.63, 3.8) is 0 Å². The first-order valence-electron chi connectivity index (χ1n) is 6.76. The van der Waals surface area contributed by atoms with Crippen LogP contribution in [0.25, 0.3) is 0 Å². The van der Waals surface area contributed by atoms with Crippen LogP contribution >= 0.6 is 0 Å². The molecule has 0 aliphatic carbocycles. The lowest BCUT2D eigenvalue weighted by Crippen LogP contribution is -2.37. The zero-order valence-corrected chi connectivity index (χ0v) is 10.9. The molecule has 0 aromatic carbocycles. The summed E-state index contributed by atoms with van der Waals surface area (Å²) in [7, 11) is 1.84. The monoisotopic (exact) mass is 248 g/mol. The number of hydrogen-bond donors (Lipinski definition) is 0. The molecular weight excluding hydrogens is 228 g/mol. The lowest BCUT2D eigenvalue weighted by molar-refractivity contribution is 0.0780. The summed E-state index contributed by atoms with van der Waals surface area (Å²) in [6, 6.07) is 0.577. The Kier molecular flexibility index (Phi) is 3.07. The molecule has 2 fully saturated rings. The molecule has 5 heteroatoms. The van der Waals surface area contributed by atoms with Crippen molar-refractivity contribution in [2.24, 2.45) is 7.05 Å². The van der Waals surface area contributed by atoms with Crippen molar-refractivity contribution in [1.29, 1.82) is 0 Å². The van der Waals surface area contributed by atoms with Crippen LogP contribution in [0, 0.1) is 0 Å². The van der Waals surface area contributed by atoms with E-state index in [4.69, 9.17) is 0 Å². The Balaban J connectivity index is 1.63. The van der Waals surface area contributed by atoms with Crippen LogP contribution in [0.4, 0.5) is 0 Å². The average molecular weight is 248 g/mol. The maximum atomic E-state index is 12.3. The van der Waals surface area contributed by atoms with Crippen LogP contribution in [-0.4, -0.2) is 57.7 Å². The summed E-state index contributed by atoms with van der Waals surface area (Å²) in [5.74, 6) is 0.129. The van der Waals surface area contributed by atoms with E-state index < -0.39 is 0 Å². The first-order valence-corrected chi connectivity index (χ1v) is 6.76. The third-order valence-electron chi connectivity index (χ3n) is 4.06. The molecule has 0 spiro atoms. The number of aryl methyl sites for hydroxylation is 1. The fraction of sp³-hybridized carbons (Fsp3) is 0.692. The zero-order chi connectivity index (χ0) is 12.5. The third kappa shape index (κ3) is 2.14. The van der Waals surface area contributed by atoms with E-state index in [1.165, 1.54) is 25.9 Å². The zero-order valence-electron chi connectivity index (χ0n) is 10.9. The van der Waals surface area contributed by atoms with Crippen molar-refractivity contribution in [2.45, 2.75) is 25.3 Å². The third-order valence-corrected chi connectivity index (χ3v) is 4.06. The normalized spacial score (nSPS) is 24.9. The number of aromatic nitrogens is 2. The van der Waals surface area contributed by atoms with Gasteiger partial charge in [0, 0.05) is 32.4 Å². The highest BCUT2D eigenvalue weighted by atomic mass is 16.2. The highest BCUT2D eigenvalue weighted by Crippen LogP contribution is 2.21. The lowest BCUT2D eigenvalue weighted by atomic mass is 10.2. The molecule has 1 aromatic rings. The smallest absolute Gasteiger partial charge is 0.257 e. The molecule has 1 amide bonds. The van der Waals surface area contributed by atoms with Crippen LogP contribution in [-0.2, 0) is 7.05 Å².